The van der Waals surface area contributed by atoms with Gasteiger partial charge in [0, 0.05) is 37.9 Å². The number of nitrogens with zero attached hydrogens (tertiary/aromatic N) is 2. The van der Waals surface area contributed by atoms with E-state index in [9.17, 15) is 4.79 Å². The summed E-state index contributed by atoms with van der Waals surface area (Å²) < 4.78 is 0. The third-order valence-corrected chi connectivity index (χ3v) is 6.39. The second kappa shape index (κ2) is 8.09. The van der Waals surface area contributed by atoms with Gasteiger partial charge in [-0.2, -0.15) is 0 Å². The summed E-state index contributed by atoms with van der Waals surface area (Å²) in [6.07, 6.45) is 0.769. The maximum Gasteiger partial charge on any atom is 0.241 e. The highest BCUT2D eigenvalue weighted by Crippen LogP contribution is 2.29. The van der Waals surface area contributed by atoms with Gasteiger partial charge in [0.25, 0.3) is 0 Å². The smallest absolute Gasteiger partial charge is 0.241 e. The van der Waals surface area contributed by atoms with Crippen molar-refractivity contribution in [3.8, 4) is 0 Å². The number of nitrogens with one attached hydrogen (secondary N) is 2. The molecule has 0 saturated carbocycles. The molecular formula is C25H28N4O. The van der Waals surface area contributed by atoms with Crippen LogP contribution in [-0.4, -0.2) is 43.0 Å². The van der Waals surface area contributed by atoms with E-state index in [2.05, 4.69) is 89.4 Å². The zero-order chi connectivity index (χ0) is 20.5. The molecule has 1 amide bonds. The Kier molecular flexibility index (Phi) is 5.15. The van der Waals surface area contributed by atoms with Crippen LogP contribution in [0.3, 0.4) is 0 Å². The van der Waals surface area contributed by atoms with Gasteiger partial charge in [0.1, 0.15) is 6.04 Å². The number of carbonyl (C=O) groups excluding carboxylic acids is 1. The molecule has 2 fully saturated rings. The molecule has 3 aromatic rings. The number of hydrogen-bond acceptors (Lipinski definition) is 4. The standard InChI is InChI=1S/C25H28N4O/c1-18-9-11-20(12-10-18)28-13-15-29(16-14-28)25(30)24-17-23(26-27-24)22-8-4-6-19-5-2-3-7-21(19)22/h2-12,23-24,26-27H,13-17H2,1H3. The van der Waals surface area contributed by atoms with E-state index in [4.69, 9.17) is 0 Å². The minimum absolute atomic E-state index is 0.138. The van der Waals surface area contributed by atoms with Gasteiger partial charge in [-0.3, -0.25) is 4.79 Å². The van der Waals surface area contributed by atoms with Gasteiger partial charge in [-0.15, -0.1) is 0 Å². The third kappa shape index (κ3) is 3.66. The van der Waals surface area contributed by atoms with E-state index in [0.717, 1.165) is 32.6 Å². The largest absolute Gasteiger partial charge is 0.368 e. The molecule has 2 saturated heterocycles. The van der Waals surface area contributed by atoms with Crippen molar-refractivity contribution in [2.75, 3.05) is 31.1 Å². The summed E-state index contributed by atoms with van der Waals surface area (Å²) in [7, 11) is 0. The number of hydrazine groups is 1. The Morgan fingerprint density at radius 3 is 2.40 bits per heavy atom. The Labute approximate surface area is 177 Å². The number of piperazine rings is 1. The van der Waals surface area contributed by atoms with Crippen LogP contribution < -0.4 is 15.8 Å². The zero-order valence-corrected chi connectivity index (χ0v) is 17.3. The minimum Gasteiger partial charge on any atom is -0.368 e. The van der Waals surface area contributed by atoms with Gasteiger partial charge in [-0.25, -0.2) is 10.9 Å². The van der Waals surface area contributed by atoms with E-state index in [-0.39, 0.29) is 18.0 Å². The summed E-state index contributed by atoms with van der Waals surface area (Å²) >= 11 is 0. The fourth-order valence-corrected chi connectivity index (χ4v) is 4.64. The van der Waals surface area contributed by atoms with Crippen LogP contribution in [0.2, 0.25) is 0 Å². The Morgan fingerprint density at radius 2 is 1.60 bits per heavy atom. The van der Waals surface area contributed by atoms with E-state index in [0.29, 0.717) is 0 Å². The second-order valence-corrected chi connectivity index (χ2v) is 8.35. The summed E-state index contributed by atoms with van der Waals surface area (Å²) in [5.41, 5.74) is 10.4. The Morgan fingerprint density at radius 1 is 0.867 bits per heavy atom. The minimum atomic E-state index is -0.181. The molecule has 0 aromatic heterocycles. The molecule has 30 heavy (non-hydrogen) atoms. The van der Waals surface area contributed by atoms with Gasteiger partial charge in [-0.05, 0) is 41.8 Å². The summed E-state index contributed by atoms with van der Waals surface area (Å²) in [6, 6.07) is 23.4. The first-order valence-electron chi connectivity index (χ1n) is 10.8. The number of amides is 1. The van der Waals surface area contributed by atoms with Crippen LogP contribution in [0.5, 0.6) is 0 Å². The number of carbonyl (C=O) groups is 1. The summed E-state index contributed by atoms with van der Waals surface area (Å²) in [5, 5.41) is 2.48. The van der Waals surface area contributed by atoms with Crippen molar-refractivity contribution in [1.29, 1.82) is 0 Å². The predicted octanol–water partition coefficient (Wildman–Crippen LogP) is 3.40. The topological polar surface area (TPSA) is 47.6 Å². The lowest BCUT2D eigenvalue weighted by atomic mass is 9.96. The average molecular weight is 401 g/mol. The van der Waals surface area contributed by atoms with Crippen molar-refractivity contribution in [1.82, 2.24) is 15.8 Å². The van der Waals surface area contributed by atoms with Gasteiger partial charge in [-0.1, -0.05) is 60.2 Å². The van der Waals surface area contributed by atoms with Crippen LogP contribution in [0, 0.1) is 6.92 Å². The molecular weight excluding hydrogens is 372 g/mol. The van der Waals surface area contributed by atoms with E-state index < -0.39 is 0 Å². The second-order valence-electron chi connectivity index (χ2n) is 8.35. The zero-order valence-electron chi connectivity index (χ0n) is 17.3. The first kappa shape index (κ1) is 19.1. The van der Waals surface area contributed by atoms with Crippen LogP contribution in [0.25, 0.3) is 10.8 Å². The lowest BCUT2D eigenvalue weighted by Gasteiger charge is -2.37. The maximum atomic E-state index is 13.1. The number of anilines is 1. The van der Waals surface area contributed by atoms with E-state index in [1.165, 1.54) is 27.6 Å². The van der Waals surface area contributed by atoms with Gasteiger partial charge in [0.2, 0.25) is 5.91 Å². The monoisotopic (exact) mass is 400 g/mol. The molecule has 2 unspecified atom stereocenters. The number of aryl methyl sites for hydroxylation is 1. The van der Waals surface area contributed by atoms with Crippen LogP contribution in [-0.2, 0) is 4.79 Å². The van der Waals surface area contributed by atoms with Gasteiger partial charge in [0.15, 0.2) is 0 Å². The molecule has 0 radical (unpaired) electrons. The molecule has 2 aliphatic rings. The normalized spacial score (nSPS) is 21.9. The van der Waals surface area contributed by atoms with Crippen molar-refractivity contribution in [3.05, 3.63) is 77.9 Å². The van der Waals surface area contributed by atoms with E-state index in [1.807, 2.05) is 4.90 Å². The fourth-order valence-electron chi connectivity index (χ4n) is 4.64. The Balaban J connectivity index is 1.22. The molecule has 2 atom stereocenters. The van der Waals surface area contributed by atoms with Crippen LogP contribution in [0.1, 0.15) is 23.6 Å². The van der Waals surface area contributed by atoms with Crippen LogP contribution >= 0.6 is 0 Å². The maximum absolute atomic E-state index is 13.1. The number of fused-ring (bicyclic) bond motifs is 1. The molecule has 0 aliphatic carbocycles. The molecule has 5 rings (SSSR count). The summed E-state index contributed by atoms with van der Waals surface area (Å²) in [5.74, 6) is 0.203. The molecule has 0 spiro atoms. The summed E-state index contributed by atoms with van der Waals surface area (Å²) in [6.45, 7) is 5.39. The molecule has 0 bridgehead atoms. The Bertz CT molecular complexity index is 1040. The summed E-state index contributed by atoms with van der Waals surface area (Å²) in [4.78, 5) is 17.5. The SMILES string of the molecule is Cc1ccc(N2CCN(C(=O)C3CC(c4cccc5ccccc45)NN3)CC2)cc1. The molecule has 2 heterocycles. The predicted molar refractivity (Wildman–Crippen MR) is 121 cm³/mol. The highest BCUT2D eigenvalue weighted by molar-refractivity contribution is 5.87. The van der Waals surface area contributed by atoms with Crippen molar-refractivity contribution < 1.29 is 4.79 Å². The first-order valence-corrected chi connectivity index (χ1v) is 10.8. The highest BCUT2D eigenvalue weighted by atomic mass is 16.2. The average Bonchev–Trinajstić information content (AvgIpc) is 3.29. The van der Waals surface area contributed by atoms with Crippen molar-refractivity contribution in [2.24, 2.45) is 0 Å². The van der Waals surface area contributed by atoms with Crippen molar-refractivity contribution in [2.45, 2.75) is 25.4 Å². The van der Waals surface area contributed by atoms with Crippen LogP contribution in [0.15, 0.2) is 66.7 Å². The molecule has 5 nitrogen and oxygen atoms in total. The number of rotatable bonds is 3. The van der Waals surface area contributed by atoms with Crippen molar-refractivity contribution in [3.63, 3.8) is 0 Å². The molecule has 2 N–H and O–H groups in total. The lowest BCUT2D eigenvalue weighted by molar-refractivity contribution is -0.133. The Hall–Kier alpha value is -2.89. The van der Waals surface area contributed by atoms with Gasteiger partial charge >= 0.3 is 0 Å². The molecule has 2 aliphatic heterocycles. The van der Waals surface area contributed by atoms with Crippen LogP contribution in [0.4, 0.5) is 5.69 Å². The molecule has 5 heteroatoms. The van der Waals surface area contributed by atoms with E-state index >= 15 is 0 Å². The number of benzene rings is 3. The lowest BCUT2D eigenvalue weighted by Crippen LogP contribution is -2.53. The fraction of sp³-hybridized carbons (Fsp3) is 0.320. The van der Waals surface area contributed by atoms with Gasteiger partial charge < -0.3 is 9.80 Å². The third-order valence-electron chi connectivity index (χ3n) is 6.39. The molecule has 154 valence electrons. The first-order chi connectivity index (χ1) is 14.7. The highest BCUT2D eigenvalue weighted by Gasteiger charge is 2.34. The van der Waals surface area contributed by atoms with Gasteiger partial charge in [0.05, 0.1) is 0 Å². The molecule has 3 aromatic carbocycles. The number of hydrogen-bond donors (Lipinski definition) is 2. The quantitative estimate of drug-likeness (QED) is 0.707. The van der Waals surface area contributed by atoms with E-state index in [1.54, 1.807) is 0 Å². The van der Waals surface area contributed by atoms with Crippen molar-refractivity contribution >= 4 is 22.4 Å².